The molecule has 4 nitrogen and oxygen atoms in total. The molecule has 0 aliphatic carbocycles. The molecule has 0 aliphatic rings. The van der Waals surface area contributed by atoms with Crippen molar-refractivity contribution < 1.29 is 14.7 Å². The SMILES string of the molecule is CCC(CC)C(=O)O.CN(C)C=O. The fourth-order valence-electron chi connectivity index (χ4n) is 0.638. The summed E-state index contributed by atoms with van der Waals surface area (Å²) in [6.45, 7) is 3.78. The van der Waals surface area contributed by atoms with Gasteiger partial charge in [-0.05, 0) is 12.8 Å². The quantitative estimate of drug-likeness (QED) is 0.676. The molecule has 0 saturated carbocycles. The number of nitrogens with zero attached hydrogens (tertiary/aromatic N) is 1. The maximum absolute atomic E-state index is 10.2. The fraction of sp³-hybridized carbons (Fsp3) is 0.778. The van der Waals surface area contributed by atoms with Gasteiger partial charge in [-0.25, -0.2) is 0 Å². The highest BCUT2D eigenvalue weighted by Crippen LogP contribution is 2.05. The summed E-state index contributed by atoms with van der Waals surface area (Å²) in [6, 6.07) is 0. The van der Waals surface area contributed by atoms with Crippen LogP contribution in [-0.2, 0) is 9.59 Å². The Morgan fingerprint density at radius 1 is 1.38 bits per heavy atom. The Morgan fingerprint density at radius 3 is 1.69 bits per heavy atom. The zero-order chi connectivity index (χ0) is 10.9. The monoisotopic (exact) mass is 189 g/mol. The minimum absolute atomic E-state index is 0.130. The van der Waals surface area contributed by atoms with Crippen LogP contribution in [0.5, 0.6) is 0 Å². The van der Waals surface area contributed by atoms with Gasteiger partial charge in [-0.2, -0.15) is 0 Å². The van der Waals surface area contributed by atoms with Crippen molar-refractivity contribution in [3.63, 3.8) is 0 Å². The molecule has 1 amide bonds. The van der Waals surface area contributed by atoms with Gasteiger partial charge in [-0.15, -0.1) is 0 Å². The maximum Gasteiger partial charge on any atom is 0.306 e. The molecule has 0 fully saturated rings. The number of amides is 1. The van der Waals surface area contributed by atoms with Gasteiger partial charge >= 0.3 is 5.97 Å². The summed E-state index contributed by atoms with van der Waals surface area (Å²) in [5, 5.41) is 8.37. The van der Waals surface area contributed by atoms with E-state index in [-0.39, 0.29) is 5.92 Å². The lowest BCUT2D eigenvalue weighted by molar-refractivity contribution is -0.141. The van der Waals surface area contributed by atoms with Gasteiger partial charge in [0.15, 0.2) is 0 Å². The lowest BCUT2D eigenvalue weighted by Crippen LogP contribution is -2.10. The summed E-state index contributed by atoms with van der Waals surface area (Å²) in [5.74, 6) is -0.801. The minimum atomic E-state index is -0.671. The van der Waals surface area contributed by atoms with E-state index in [1.807, 2.05) is 13.8 Å². The van der Waals surface area contributed by atoms with Crippen LogP contribution in [0.1, 0.15) is 26.7 Å². The highest BCUT2D eigenvalue weighted by atomic mass is 16.4. The summed E-state index contributed by atoms with van der Waals surface area (Å²) in [4.78, 5) is 21.0. The molecule has 0 rings (SSSR count). The van der Waals surface area contributed by atoms with Gasteiger partial charge < -0.3 is 10.0 Å². The maximum atomic E-state index is 10.2. The van der Waals surface area contributed by atoms with Gasteiger partial charge in [0.05, 0.1) is 5.92 Å². The lowest BCUT2D eigenvalue weighted by atomic mass is 10.1. The van der Waals surface area contributed by atoms with E-state index in [9.17, 15) is 9.59 Å². The molecule has 0 spiro atoms. The van der Waals surface area contributed by atoms with Gasteiger partial charge in [0.25, 0.3) is 0 Å². The number of rotatable bonds is 4. The first-order chi connectivity index (χ1) is 5.99. The highest BCUT2D eigenvalue weighted by molar-refractivity contribution is 5.69. The van der Waals surface area contributed by atoms with Gasteiger partial charge in [0.2, 0.25) is 6.41 Å². The van der Waals surface area contributed by atoms with E-state index in [0.717, 1.165) is 19.3 Å². The average molecular weight is 189 g/mol. The molecule has 0 aliphatic heterocycles. The Labute approximate surface area is 79.5 Å². The van der Waals surface area contributed by atoms with Crippen molar-refractivity contribution in [3.05, 3.63) is 0 Å². The van der Waals surface area contributed by atoms with Crippen LogP contribution in [0.2, 0.25) is 0 Å². The van der Waals surface area contributed by atoms with Crippen molar-refractivity contribution in [2.24, 2.45) is 5.92 Å². The number of hydrogen-bond donors (Lipinski definition) is 1. The Bertz CT molecular complexity index is 142. The van der Waals surface area contributed by atoms with E-state index < -0.39 is 5.97 Å². The number of hydrogen-bond acceptors (Lipinski definition) is 2. The normalized spacial score (nSPS) is 8.69. The van der Waals surface area contributed by atoms with Gasteiger partial charge in [0.1, 0.15) is 0 Å². The van der Waals surface area contributed by atoms with E-state index in [0.29, 0.717) is 0 Å². The zero-order valence-electron chi connectivity index (χ0n) is 8.78. The fourth-order valence-corrected chi connectivity index (χ4v) is 0.638. The Morgan fingerprint density at radius 2 is 1.69 bits per heavy atom. The predicted molar refractivity (Wildman–Crippen MR) is 51.5 cm³/mol. The zero-order valence-corrected chi connectivity index (χ0v) is 8.78. The number of carbonyl (C=O) groups excluding carboxylic acids is 1. The lowest BCUT2D eigenvalue weighted by Gasteiger charge is -2.02. The Hall–Kier alpha value is -1.06. The second-order valence-corrected chi connectivity index (χ2v) is 2.92. The van der Waals surface area contributed by atoms with E-state index in [1.165, 1.54) is 4.90 Å². The van der Waals surface area contributed by atoms with E-state index in [2.05, 4.69) is 0 Å². The van der Waals surface area contributed by atoms with E-state index in [1.54, 1.807) is 14.1 Å². The van der Waals surface area contributed by atoms with E-state index in [4.69, 9.17) is 5.11 Å². The van der Waals surface area contributed by atoms with Crippen LogP contribution in [0, 0.1) is 5.92 Å². The molecule has 1 N–H and O–H groups in total. The number of carboxylic acid groups (broad SMARTS) is 1. The summed E-state index contributed by atoms with van der Waals surface area (Å²) >= 11 is 0. The molecule has 0 unspecified atom stereocenters. The topological polar surface area (TPSA) is 57.6 Å². The largest absolute Gasteiger partial charge is 0.481 e. The molecule has 0 bridgehead atoms. The molecule has 0 aromatic rings. The second-order valence-electron chi connectivity index (χ2n) is 2.92. The number of carboxylic acids is 1. The smallest absolute Gasteiger partial charge is 0.306 e. The van der Waals surface area contributed by atoms with Crippen LogP contribution in [0.25, 0.3) is 0 Å². The van der Waals surface area contributed by atoms with Crippen molar-refractivity contribution in [2.45, 2.75) is 26.7 Å². The molecule has 0 radical (unpaired) electrons. The second kappa shape index (κ2) is 9.03. The Kier molecular flexibility index (Phi) is 10.0. The number of aliphatic carboxylic acids is 1. The molecule has 4 heteroatoms. The van der Waals surface area contributed by atoms with Crippen molar-refractivity contribution in [2.75, 3.05) is 14.1 Å². The molecule has 0 atom stereocenters. The van der Waals surface area contributed by atoms with Crippen molar-refractivity contribution >= 4 is 12.4 Å². The van der Waals surface area contributed by atoms with Crippen molar-refractivity contribution in [3.8, 4) is 0 Å². The van der Waals surface area contributed by atoms with Crippen LogP contribution in [0.3, 0.4) is 0 Å². The van der Waals surface area contributed by atoms with Gasteiger partial charge in [-0.1, -0.05) is 13.8 Å². The molecule has 0 aromatic carbocycles. The number of carbonyl (C=O) groups is 2. The molecule has 78 valence electrons. The molecule has 0 saturated heterocycles. The van der Waals surface area contributed by atoms with E-state index >= 15 is 0 Å². The molecule has 0 heterocycles. The van der Waals surface area contributed by atoms with Crippen LogP contribution >= 0.6 is 0 Å². The molecular formula is C9H19NO3. The third-order valence-electron chi connectivity index (χ3n) is 1.55. The first kappa shape index (κ1) is 14.5. The van der Waals surface area contributed by atoms with Crippen LogP contribution in [-0.4, -0.2) is 36.5 Å². The summed E-state index contributed by atoms with van der Waals surface area (Å²) in [6.07, 6.45) is 2.23. The first-order valence-corrected chi connectivity index (χ1v) is 4.34. The van der Waals surface area contributed by atoms with Crippen LogP contribution in [0.15, 0.2) is 0 Å². The first-order valence-electron chi connectivity index (χ1n) is 4.34. The van der Waals surface area contributed by atoms with Gasteiger partial charge in [0, 0.05) is 14.1 Å². The van der Waals surface area contributed by atoms with Crippen LogP contribution in [0.4, 0.5) is 0 Å². The standard InChI is InChI=1S/C6H12O2.C3H7NO/c1-3-5(4-2)6(7)8;1-4(2)3-5/h5H,3-4H2,1-2H3,(H,7,8);3H,1-2H3. The average Bonchev–Trinajstić information content (AvgIpc) is 2.07. The van der Waals surface area contributed by atoms with Crippen LogP contribution < -0.4 is 0 Å². The summed E-state index contributed by atoms with van der Waals surface area (Å²) < 4.78 is 0. The summed E-state index contributed by atoms with van der Waals surface area (Å²) in [7, 11) is 3.38. The van der Waals surface area contributed by atoms with Gasteiger partial charge in [-0.3, -0.25) is 9.59 Å². The highest BCUT2D eigenvalue weighted by Gasteiger charge is 2.10. The molecule has 13 heavy (non-hydrogen) atoms. The minimum Gasteiger partial charge on any atom is -0.481 e. The van der Waals surface area contributed by atoms with Crippen molar-refractivity contribution in [1.29, 1.82) is 0 Å². The third-order valence-corrected chi connectivity index (χ3v) is 1.55. The molecular weight excluding hydrogens is 170 g/mol. The molecule has 0 aromatic heterocycles. The summed E-state index contributed by atoms with van der Waals surface area (Å²) in [5.41, 5.74) is 0. The Balaban J connectivity index is 0. The third kappa shape index (κ3) is 10.9. The van der Waals surface area contributed by atoms with Crippen molar-refractivity contribution in [1.82, 2.24) is 4.90 Å². The predicted octanol–water partition coefficient (Wildman–Crippen LogP) is 1.21.